The number of Topliss-reactive ketones (excluding diaryl/α,β-unsaturated/α-hetero) is 1. The molecule has 1 aromatic carbocycles. The number of carbonyl (C=O) groups is 2. The molecule has 9 heteroatoms. The highest BCUT2D eigenvalue weighted by atomic mass is 16.6. The molecule has 27 heavy (non-hydrogen) atoms. The standard InChI is InChI=1S/C18H22N2O7/c1-18(2)19-12(7-8-27-18)14(16(19)22)15(17(23)24)13(21)9-10-3-5-11(6-4-10)20(25)26/h3-6,12,14-15,17,23-24H,7-9H2,1-2H3. The van der Waals surface area contributed by atoms with Gasteiger partial charge in [-0.05, 0) is 25.8 Å². The number of carbonyl (C=O) groups excluding carboxylic acids is 2. The van der Waals surface area contributed by atoms with Gasteiger partial charge in [0.25, 0.3) is 5.69 Å². The molecule has 2 fully saturated rings. The van der Waals surface area contributed by atoms with E-state index in [0.29, 0.717) is 18.6 Å². The van der Waals surface area contributed by atoms with Crippen LogP contribution in [0.5, 0.6) is 0 Å². The number of rotatable bonds is 6. The zero-order valence-electron chi connectivity index (χ0n) is 15.1. The highest BCUT2D eigenvalue weighted by Gasteiger charge is 2.60. The molecule has 2 N–H and O–H groups in total. The maximum absolute atomic E-state index is 12.7. The molecule has 2 aliphatic heterocycles. The second-order valence-electron chi connectivity index (χ2n) is 7.39. The first-order valence-electron chi connectivity index (χ1n) is 8.73. The molecule has 0 saturated carbocycles. The highest BCUT2D eigenvalue weighted by molar-refractivity contribution is 5.94. The number of fused-ring (bicyclic) bond motifs is 1. The summed E-state index contributed by atoms with van der Waals surface area (Å²) in [5, 5.41) is 30.3. The number of nitrogens with zero attached hydrogens (tertiary/aromatic N) is 2. The van der Waals surface area contributed by atoms with Crippen molar-refractivity contribution in [2.24, 2.45) is 11.8 Å². The lowest BCUT2D eigenvalue weighted by molar-refractivity contribution is -0.384. The van der Waals surface area contributed by atoms with Gasteiger partial charge in [-0.15, -0.1) is 0 Å². The number of nitro benzene ring substituents is 1. The molecule has 9 nitrogen and oxygen atoms in total. The molecule has 2 heterocycles. The quantitative estimate of drug-likeness (QED) is 0.321. The van der Waals surface area contributed by atoms with Crippen LogP contribution in [0.4, 0.5) is 5.69 Å². The smallest absolute Gasteiger partial charge is 0.269 e. The van der Waals surface area contributed by atoms with E-state index in [4.69, 9.17) is 4.74 Å². The van der Waals surface area contributed by atoms with Crippen LogP contribution in [0.2, 0.25) is 0 Å². The van der Waals surface area contributed by atoms with E-state index in [2.05, 4.69) is 0 Å². The summed E-state index contributed by atoms with van der Waals surface area (Å²) < 4.78 is 5.58. The maximum Gasteiger partial charge on any atom is 0.269 e. The number of non-ortho nitro benzene ring substituents is 1. The molecule has 3 unspecified atom stereocenters. The summed E-state index contributed by atoms with van der Waals surface area (Å²) in [7, 11) is 0. The molecule has 3 atom stereocenters. The number of hydrogen-bond acceptors (Lipinski definition) is 7. The van der Waals surface area contributed by atoms with Crippen molar-refractivity contribution in [3.05, 3.63) is 39.9 Å². The second-order valence-corrected chi connectivity index (χ2v) is 7.39. The molecular weight excluding hydrogens is 356 g/mol. The first-order valence-corrected chi connectivity index (χ1v) is 8.73. The van der Waals surface area contributed by atoms with E-state index >= 15 is 0 Å². The Balaban J connectivity index is 1.77. The summed E-state index contributed by atoms with van der Waals surface area (Å²) in [6.07, 6.45) is -1.58. The van der Waals surface area contributed by atoms with Gasteiger partial charge in [0, 0.05) is 24.6 Å². The van der Waals surface area contributed by atoms with Crippen molar-refractivity contribution in [2.75, 3.05) is 6.61 Å². The Morgan fingerprint density at radius 1 is 1.37 bits per heavy atom. The van der Waals surface area contributed by atoms with Crippen LogP contribution >= 0.6 is 0 Å². The SMILES string of the molecule is CC1(C)OCCC2C(C(C(=O)Cc3ccc([N+](=O)[O-])cc3)C(O)O)C(=O)N21. The monoisotopic (exact) mass is 378 g/mol. The zero-order valence-corrected chi connectivity index (χ0v) is 15.1. The molecule has 1 amide bonds. The predicted octanol–water partition coefficient (Wildman–Crippen LogP) is 0.617. The number of benzene rings is 1. The minimum Gasteiger partial charge on any atom is -0.367 e. The van der Waals surface area contributed by atoms with Crippen LogP contribution in [0.25, 0.3) is 0 Å². The zero-order chi connectivity index (χ0) is 19.9. The molecule has 2 aliphatic rings. The lowest BCUT2D eigenvalue weighted by Crippen LogP contribution is -2.74. The average Bonchev–Trinajstić information content (AvgIpc) is 2.58. The Hall–Kier alpha value is -2.36. The van der Waals surface area contributed by atoms with Crippen LogP contribution < -0.4 is 0 Å². The molecule has 0 radical (unpaired) electrons. The van der Waals surface area contributed by atoms with Crippen molar-refractivity contribution in [1.29, 1.82) is 0 Å². The summed E-state index contributed by atoms with van der Waals surface area (Å²) in [5.41, 5.74) is -0.380. The molecule has 0 aromatic heterocycles. The third kappa shape index (κ3) is 3.45. The number of ketones is 1. The second kappa shape index (κ2) is 6.99. The Kier molecular flexibility index (Phi) is 5.02. The van der Waals surface area contributed by atoms with E-state index in [1.54, 1.807) is 18.7 Å². The van der Waals surface area contributed by atoms with E-state index in [1.807, 2.05) is 0 Å². The Labute approximate surface area is 155 Å². The van der Waals surface area contributed by atoms with Gasteiger partial charge >= 0.3 is 0 Å². The fourth-order valence-electron chi connectivity index (χ4n) is 4.04. The Morgan fingerprint density at radius 3 is 2.56 bits per heavy atom. The first kappa shape index (κ1) is 19.4. The van der Waals surface area contributed by atoms with Gasteiger partial charge in [0.05, 0.1) is 23.4 Å². The van der Waals surface area contributed by atoms with E-state index in [1.165, 1.54) is 24.3 Å². The maximum atomic E-state index is 12.7. The average molecular weight is 378 g/mol. The summed E-state index contributed by atoms with van der Waals surface area (Å²) in [5.74, 6) is -2.87. The molecule has 1 aromatic rings. The van der Waals surface area contributed by atoms with Crippen molar-refractivity contribution in [3.8, 4) is 0 Å². The molecule has 0 aliphatic carbocycles. The number of ether oxygens (including phenoxy) is 1. The number of nitro groups is 1. The van der Waals surface area contributed by atoms with Crippen LogP contribution in [0.15, 0.2) is 24.3 Å². The molecule has 146 valence electrons. The lowest BCUT2D eigenvalue weighted by atomic mass is 9.71. The predicted molar refractivity (Wildman–Crippen MR) is 92.3 cm³/mol. The summed E-state index contributed by atoms with van der Waals surface area (Å²) >= 11 is 0. The Morgan fingerprint density at radius 2 is 2.00 bits per heavy atom. The minimum atomic E-state index is -1.96. The normalized spacial score (nSPS) is 24.9. The van der Waals surface area contributed by atoms with E-state index in [-0.39, 0.29) is 24.1 Å². The largest absolute Gasteiger partial charge is 0.367 e. The summed E-state index contributed by atoms with van der Waals surface area (Å²) in [6.45, 7) is 3.94. The molecule has 0 bridgehead atoms. The van der Waals surface area contributed by atoms with Crippen LogP contribution in [-0.2, 0) is 20.7 Å². The van der Waals surface area contributed by atoms with Crippen LogP contribution in [0.3, 0.4) is 0 Å². The van der Waals surface area contributed by atoms with E-state index < -0.39 is 34.6 Å². The van der Waals surface area contributed by atoms with Gasteiger partial charge in [-0.25, -0.2) is 0 Å². The van der Waals surface area contributed by atoms with Gasteiger partial charge in [-0.2, -0.15) is 0 Å². The van der Waals surface area contributed by atoms with Gasteiger partial charge in [0.15, 0.2) is 6.29 Å². The van der Waals surface area contributed by atoms with Gasteiger partial charge in [-0.3, -0.25) is 19.7 Å². The van der Waals surface area contributed by atoms with Crippen LogP contribution in [0.1, 0.15) is 25.8 Å². The fourth-order valence-corrected chi connectivity index (χ4v) is 4.04. The highest BCUT2D eigenvalue weighted by Crippen LogP contribution is 2.44. The molecule has 2 saturated heterocycles. The van der Waals surface area contributed by atoms with Crippen molar-refractivity contribution in [3.63, 3.8) is 0 Å². The summed E-state index contributed by atoms with van der Waals surface area (Å²) in [4.78, 5) is 37.1. The number of β-lactam (4-membered cyclic amide) rings is 1. The van der Waals surface area contributed by atoms with Crippen molar-refractivity contribution in [1.82, 2.24) is 4.90 Å². The Bertz CT molecular complexity index is 759. The fraction of sp³-hybridized carbons (Fsp3) is 0.556. The topological polar surface area (TPSA) is 130 Å². The first-order chi connectivity index (χ1) is 12.6. The van der Waals surface area contributed by atoms with E-state index in [9.17, 15) is 29.9 Å². The number of aliphatic hydroxyl groups is 2. The molecular formula is C18H22N2O7. The number of hydrogen-bond donors (Lipinski definition) is 2. The lowest BCUT2D eigenvalue weighted by Gasteiger charge is -2.59. The van der Waals surface area contributed by atoms with E-state index in [0.717, 1.165) is 0 Å². The number of amides is 1. The summed E-state index contributed by atoms with van der Waals surface area (Å²) in [6, 6.07) is 5.18. The van der Waals surface area contributed by atoms with Gasteiger partial charge in [-0.1, -0.05) is 12.1 Å². The van der Waals surface area contributed by atoms with Crippen molar-refractivity contribution >= 4 is 17.4 Å². The van der Waals surface area contributed by atoms with Crippen LogP contribution in [-0.4, -0.2) is 56.4 Å². The molecule has 3 rings (SSSR count). The van der Waals surface area contributed by atoms with Crippen molar-refractivity contribution < 1.29 is 29.5 Å². The molecule has 0 spiro atoms. The van der Waals surface area contributed by atoms with Gasteiger partial charge in [0.2, 0.25) is 5.91 Å². The van der Waals surface area contributed by atoms with Crippen LogP contribution in [0, 0.1) is 22.0 Å². The van der Waals surface area contributed by atoms with Crippen molar-refractivity contribution in [2.45, 2.75) is 44.7 Å². The van der Waals surface area contributed by atoms with Gasteiger partial charge in [0.1, 0.15) is 11.5 Å². The number of aliphatic hydroxyl groups excluding tert-OH is 1. The van der Waals surface area contributed by atoms with Gasteiger partial charge < -0.3 is 19.8 Å². The minimum absolute atomic E-state index is 0.0980. The third-order valence-electron chi connectivity index (χ3n) is 5.32. The third-order valence-corrected chi connectivity index (χ3v) is 5.32.